The first-order chi connectivity index (χ1) is 39.4. The SMILES string of the molecule is C[C@H]1OC(=O)[C@H](CC(C)(C)C)N(C)C(=O)[C@@H](Cc2ccc(C3CCOCC3)cc2)OC(=O)[C@H](CC(C)(C)F)N(C)C(=O)[C@@H](C)OC(=O)[C@H](CC(C)(C)C)N(C)C(=O)[C@@H](Cc2ccc(C3CCOCC3)cc2)OC(=O)[C@H](CCC(C)(C)F)N(C)C1=O. The Balaban J connectivity index is 1.65. The van der Waals surface area contributed by atoms with Gasteiger partial charge in [-0.05, 0) is 138 Å². The van der Waals surface area contributed by atoms with Crippen molar-refractivity contribution in [2.24, 2.45) is 10.8 Å². The molecule has 3 saturated heterocycles. The summed E-state index contributed by atoms with van der Waals surface area (Å²) in [5.74, 6) is -7.37. The molecule has 5 rings (SSSR count). The highest BCUT2D eigenvalue weighted by Crippen LogP contribution is 2.33. The minimum Gasteiger partial charge on any atom is -0.451 e. The Kier molecular flexibility index (Phi) is 24.3. The molecule has 2 aromatic carbocycles. The van der Waals surface area contributed by atoms with Crippen LogP contribution in [0.2, 0.25) is 0 Å². The van der Waals surface area contributed by atoms with Crippen LogP contribution in [0.25, 0.3) is 0 Å². The van der Waals surface area contributed by atoms with Crippen LogP contribution >= 0.6 is 0 Å². The van der Waals surface area contributed by atoms with Gasteiger partial charge in [0.2, 0.25) is 0 Å². The molecule has 0 N–H and O–H groups in total. The van der Waals surface area contributed by atoms with Gasteiger partial charge in [0.25, 0.3) is 23.6 Å². The lowest BCUT2D eigenvalue weighted by atomic mass is 9.87. The maximum atomic E-state index is 16.0. The van der Waals surface area contributed by atoms with Crippen LogP contribution in [0.5, 0.6) is 0 Å². The van der Waals surface area contributed by atoms with Gasteiger partial charge in [0, 0.05) is 73.9 Å². The monoisotopic (exact) mass is 1190 g/mol. The second kappa shape index (κ2) is 29.6. The van der Waals surface area contributed by atoms with Crippen LogP contribution in [0.15, 0.2) is 48.5 Å². The second-order valence-electron chi connectivity index (χ2n) is 27.2. The summed E-state index contributed by atoms with van der Waals surface area (Å²) in [5.41, 5.74) is -2.06. The van der Waals surface area contributed by atoms with Crippen molar-refractivity contribution < 1.29 is 75.6 Å². The summed E-state index contributed by atoms with van der Waals surface area (Å²) in [6, 6.07) is 8.87. The van der Waals surface area contributed by atoms with Gasteiger partial charge in [-0.2, -0.15) is 0 Å². The van der Waals surface area contributed by atoms with E-state index in [1.165, 1.54) is 69.7 Å². The van der Waals surface area contributed by atoms with Crippen LogP contribution in [0.1, 0.15) is 175 Å². The number of halogens is 2. The van der Waals surface area contributed by atoms with E-state index in [-0.39, 0.29) is 50.4 Å². The maximum absolute atomic E-state index is 16.0. The molecule has 85 heavy (non-hydrogen) atoms. The number of carbonyl (C=O) groups is 8. The van der Waals surface area contributed by atoms with Crippen LogP contribution in [0.3, 0.4) is 0 Å². The van der Waals surface area contributed by atoms with Crippen molar-refractivity contribution in [1.82, 2.24) is 19.6 Å². The highest BCUT2D eigenvalue weighted by Gasteiger charge is 2.45. The topological polar surface area (TPSA) is 205 Å². The summed E-state index contributed by atoms with van der Waals surface area (Å²) < 4.78 is 66.7. The van der Waals surface area contributed by atoms with E-state index in [4.69, 9.17) is 28.4 Å². The van der Waals surface area contributed by atoms with E-state index in [1.54, 1.807) is 12.1 Å². The first-order valence-corrected chi connectivity index (χ1v) is 30.0. The zero-order valence-corrected chi connectivity index (χ0v) is 53.3. The Morgan fingerprint density at radius 1 is 0.424 bits per heavy atom. The summed E-state index contributed by atoms with van der Waals surface area (Å²) in [4.78, 5) is 123. The van der Waals surface area contributed by atoms with Crippen molar-refractivity contribution in [3.8, 4) is 0 Å². The van der Waals surface area contributed by atoms with Crippen LogP contribution in [-0.2, 0) is 79.6 Å². The van der Waals surface area contributed by atoms with E-state index >= 15 is 18.4 Å². The molecule has 0 radical (unpaired) electrons. The second-order valence-corrected chi connectivity index (χ2v) is 27.2. The number of hydrogen-bond donors (Lipinski definition) is 0. The predicted molar refractivity (Wildman–Crippen MR) is 315 cm³/mol. The number of benzene rings is 2. The highest BCUT2D eigenvalue weighted by atomic mass is 19.1. The van der Waals surface area contributed by atoms with E-state index in [0.29, 0.717) is 37.6 Å². The largest absolute Gasteiger partial charge is 0.451 e. The molecule has 3 fully saturated rings. The zero-order chi connectivity index (χ0) is 63.5. The summed E-state index contributed by atoms with van der Waals surface area (Å²) in [6.45, 7) is 21.0. The van der Waals surface area contributed by atoms with Gasteiger partial charge >= 0.3 is 23.9 Å². The molecule has 20 heteroatoms. The summed E-state index contributed by atoms with van der Waals surface area (Å²) in [7, 11) is 5.17. The standard InChI is InChI=1S/C65H96F2N4O14/c1-40-54(72)68(13)48(25-30-64(9,10)66)58(76)84-52(35-42-17-21-44(22-18-42)46-26-31-80-32-27-46)56(74)70(15)50(38-63(6,7)8)60(78)83-41(2)55(73)69(14)51(39-65(11,12)67)61(79)85-53(57(75)71(16)49(59(77)82-40)37-62(3,4)5)36-43-19-23-45(24-20-43)47-28-33-81-34-29-47/h17-24,40-41,46-53H,25-39H2,1-16H3/t40-,41-,48+,49+,50+,51+,52-,53-/m1/s1. The molecular weight excluding hydrogens is 1100 g/mol. The van der Waals surface area contributed by atoms with E-state index in [2.05, 4.69) is 0 Å². The molecule has 18 nitrogen and oxygen atoms in total. The fourth-order valence-corrected chi connectivity index (χ4v) is 11.1. The molecule has 0 aliphatic carbocycles. The molecule has 3 aliphatic heterocycles. The molecule has 0 spiro atoms. The lowest BCUT2D eigenvalue weighted by molar-refractivity contribution is -0.177. The number of esters is 4. The lowest BCUT2D eigenvalue weighted by Gasteiger charge is -2.37. The zero-order valence-electron chi connectivity index (χ0n) is 53.3. The van der Waals surface area contributed by atoms with Crippen LogP contribution < -0.4 is 0 Å². The van der Waals surface area contributed by atoms with Gasteiger partial charge in [-0.25, -0.2) is 28.0 Å². The van der Waals surface area contributed by atoms with Crippen molar-refractivity contribution >= 4 is 47.5 Å². The summed E-state index contributed by atoms with van der Waals surface area (Å²) in [5, 5.41) is 0. The first-order valence-electron chi connectivity index (χ1n) is 30.0. The van der Waals surface area contributed by atoms with Crippen LogP contribution in [0, 0.1) is 10.8 Å². The van der Waals surface area contributed by atoms with Gasteiger partial charge in [0.1, 0.15) is 35.5 Å². The number of nitrogens with zero attached hydrogens (tertiary/aromatic N) is 4. The molecule has 0 aromatic heterocycles. The Morgan fingerprint density at radius 3 is 1.06 bits per heavy atom. The summed E-state index contributed by atoms with van der Waals surface area (Å²) in [6.07, 6.45) is -5.00. The molecule has 8 atom stereocenters. The van der Waals surface area contributed by atoms with Crippen molar-refractivity contribution in [2.75, 3.05) is 54.6 Å². The number of carbonyl (C=O) groups excluding carboxylic acids is 8. The van der Waals surface area contributed by atoms with Gasteiger partial charge in [-0.3, -0.25) is 19.2 Å². The number of hydrogen-bond acceptors (Lipinski definition) is 14. The number of amides is 4. The van der Waals surface area contributed by atoms with Crippen molar-refractivity contribution in [1.29, 1.82) is 0 Å². The smallest absolute Gasteiger partial charge is 0.329 e. The van der Waals surface area contributed by atoms with E-state index in [9.17, 15) is 28.8 Å². The van der Waals surface area contributed by atoms with Crippen LogP contribution in [-0.4, -0.2) is 182 Å². The number of ether oxygens (including phenoxy) is 6. The first kappa shape index (κ1) is 69.7. The average molecular weight is 1200 g/mol. The third-order valence-electron chi connectivity index (χ3n) is 16.2. The molecular formula is C65H96F2N4O14. The highest BCUT2D eigenvalue weighted by molar-refractivity contribution is 5.94. The molecule has 0 unspecified atom stereocenters. The maximum Gasteiger partial charge on any atom is 0.329 e. The average Bonchev–Trinajstić information content (AvgIpc) is 3.13. The lowest BCUT2D eigenvalue weighted by Crippen LogP contribution is -2.55. The number of likely N-dealkylation sites (N-methyl/N-ethyl adjacent to an activating group) is 4. The van der Waals surface area contributed by atoms with E-state index < -0.39 is 125 Å². The van der Waals surface area contributed by atoms with Crippen LogP contribution in [0.4, 0.5) is 8.78 Å². The van der Waals surface area contributed by atoms with Crippen molar-refractivity contribution in [2.45, 2.75) is 225 Å². The molecule has 3 aliphatic rings. The molecule has 4 amide bonds. The van der Waals surface area contributed by atoms with Gasteiger partial charge in [-0.15, -0.1) is 0 Å². The Bertz CT molecular complexity index is 2600. The number of rotatable bonds is 13. The van der Waals surface area contributed by atoms with Crippen molar-refractivity contribution in [3.63, 3.8) is 0 Å². The predicted octanol–water partition coefficient (Wildman–Crippen LogP) is 8.81. The Hall–Kier alpha value is -6.02. The number of alkyl halides is 2. The van der Waals surface area contributed by atoms with E-state index in [0.717, 1.165) is 56.4 Å². The summed E-state index contributed by atoms with van der Waals surface area (Å²) >= 11 is 0. The molecule has 2 aromatic rings. The van der Waals surface area contributed by atoms with Gasteiger partial charge in [0.05, 0.1) is 0 Å². The van der Waals surface area contributed by atoms with Crippen molar-refractivity contribution in [3.05, 3.63) is 70.8 Å². The molecule has 0 saturated carbocycles. The Labute approximate surface area is 502 Å². The van der Waals surface area contributed by atoms with E-state index in [1.807, 2.05) is 77.9 Å². The molecule has 3 heterocycles. The third-order valence-corrected chi connectivity index (χ3v) is 16.2. The third kappa shape index (κ3) is 20.8. The Morgan fingerprint density at radius 2 is 0.729 bits per heavy atom. The molecule has 0 bridgehead atoms. The van der Waals surface area contributed by atoms with Gasteiger partial charge in [-0.1, -0.05) is 90.1 Å². The van der Waals surface area contributed by atoms with Gasteiger partial charge in [0.15, 0.2) is 24.4 Å². The fourth-order valence-electron chi connectivity index (χ4n) is 11.1. The van der Waals surface area contributed by atoms with Gasteiger partial charge < -0.3 is 48.0 Å². The number of cyclic esters (lactones) is 4. The molecule has 474 valence electrons. The minimum atomic E-state index is -2.11. The normalized spacial score (nSPS) is 25.8. The fraction of sp³-hybridized carbons (Fsp3) is 0.692. The quantitative estimate of drug-likeness (QED) is 0.136. The minimum absolute atomic E-state index is 0.0307.